The van der Waals surface area contributed by atoms with E-state index in [0.717, 1.165) is 66.8 Å². The molecule has 0 radical (unpaired) electrons. The van der Waals surface area contributed by atoms with Crippen LogP contribution in [0.4, 0.5) is 0 Å². The highest BCUT2D eigenvalue weighted by molar-refractivity contribution is 6.30. The van der Waals surface area contributed by atoms with Gasteiger partial charge in [-0.3, -0.25) is 0 Å². The molecule has 188 valence electrons. The Kier molecular flexibility index (Phi) is 8.51. The van der Waals surface area contributed by atoms with Crippen LogP contribution in [-0.4, -0.2) is 20.6 Å². The van der Waals surface area contributed by atoms with Crippen molar-refractivity contribution >= 4 is 22.5 Å². The van der Waals surface area contributed by atoms with Gasteiger partial charge in [0.1, 0.15) is 11.9 Å². The predicted molar refractivity (Wildman–Crippen MR) is 149 cm³/mol. The molecule has 1 unspecified atom stereocenters. The van der Waals surface area contributed by atoms with Gasteiger partial charge in [-0.2, -0.15) is 5.26 Å². The van der Waals surface area contributed by atoms with Crippen LogP contribution in [0, 0.1) is 24.2 Å². The number of nitrogens with one attached hydrogen (secondary N) is 2. The van der Waals surface area contributed by atoms with Gasteiger partial charge >= 0.3 is 0 Å². The van der Waals surface area contributed by atoms with E-state index in [1.165, 1.54) is 11.1 Å². The molecule has 2 heterocycles. The highest BCUT2D eigenvalue weighted by atomic mass is 35.5. The molecule has 0 aliphatic rings. The van der Waals surface area contributed by atoms with Crippen molar-refractivity contribution in [1.29, 1.82) is 5.26 Å². The van der Waals surface area contributed by atoms with Crippen molar-refractivity contribution in [3.63, 3.8) is 0 Å². The molecule has 6 heteroatoms. The number of hydrogen-bond donors (Lipinski definition) is 2. The smallest absolute Gasteiger partial charge is 0.151 e. The molecule has 0 fully saturated rings. The van der Waals surface area contributed by atoms with Gasteiger partial charge in [0.2, 0.25) is 0 Å². The Morgan fingerprint density at radius 3 is 2.72 bits per heavy atom. The first kappa shape index (κ1) is 26.0. The Morgan fingerprint density at radius 1 is 1.19 bits per heavy atom. The van der Waals surface area contributed by atoms with E-state index in [4.69, 9.17) is 16.6 Å². The Bertz CT molecular complexity index is 1360. The van der Waals surface area contributed by atoms with Gasteiger partial charge in [0, 0.05) is 48.2 Å². The molecular formula is C30H36ClN5. The van der Waals surface area contributed by atoms with Gasteiger partial charge in [-0.15, -0.1) is 0 Å². The third-order valence-corrected chi connectivity index (χ3v) is 7.10. The van der Waals surface area contributed by atoms with Gasteiger partial charge in [0.05, 0.1) is 11.3 Å². The SMILES string of the molecule is CCCCn1c(-c2ccccc2C)nc(Cl)c1CC(CC(C)C)NCc1ccc2[nH]cc(C#N)c2c1. The summed E-state index contributed by atoms with van der Waals surface area (Å²) in [7, 11) is 0. The van der Waals surface area contributed by atoms with Gasteiger partial charge in [-0.05, 0) is 48.9 Å². The molecule has 0 amide bonds. The van der Waals surface area contributed by atoms with Gasteiger partial charge in [0.25, 0.3) is 0 Å². The maximum Gasteiger partial charge on any atom is 0.151 e. The highest BCUT2D eigenvalue weighted by Gasteiger charge is 2.22. The van der Waals surface area contributed by atoms with Crippen molar-refractivity contribution in [2.75, 3.05) is 0 Å². The number of H-pyrrole nitrogens is 1. The van der Waals surface area contributed by atoms with Crippen molar-refractivity contribution < 1.29 is 0 Å². The fourth-order valence-corrected chi connectivity index (χ4v) is 5.17. The zero-order chi connectivity index (χ0) is 25.7. The van der Waals surface area contributed by atoms with Crippen LogP contribution in [0.3, 0.4) is 0 Å². The second-order valence-corrected chi connectivity index (χ2v) is 10.5. The van der Waals surface area contributed by atoms with Gasteiger partial charge < -0.3 is 14.9 Å². The minimum absolute atomic E-state index is 0.252. The summed E-state index contributed by atoms with van der Waals surface area (Å²) in [4.78, 5) is 8.03. The number of benzene rings is 2. The number of unbranched alkanes of at least 4 members (excludes halogenated alkanes) is 1. The summed E-state index contributed by atoms with van der Waals surface area (Å²) in [6.45, 7) is 10.5. The standard InChI is InChI=1S/C30H36ClN5/c1-5-6-13-36-28(29(31)35-30(36)25-10-8-7-9-21(25)4)16-24(14-20(2)3)33-18-22-11-12-27-26(15-22)23(17-32)19-34-27/h7-12,15,19-20,24,33-34H,5-6,13-14,16,18H2,1-4H3. The predicted octanol–water partition coefficient (Wildman–Crippen LogP) is 7.41. The second-order valence-electron chi connectivity index (χ2n) is 10.1. The Labute approximate surface area is 219 Å². The van der Waals surface area contributed by atoms with E-state index in [9.17, 15) is 5.26 Å². The van der Waals surface area contributed by atoms with Crippen LogP contribution in [0.15, 0.2) is 48.7 Å². The summed E-state index contributed by atoms with van der Waals surface area (Å²) in [5, 5.41) is 14.8. The number of rotatable bonds is 11. The summed E-state index contributed by atoms with van der Waals surface area (Å²) in [6.07, 6.45) is 5.82. The van der Waals surface area contributed by atoms with Crippen LogP contribution in [0.1, 0.15) is 62.4 Å². The van der Waals surface area contributed by atoms with E-state index in [2.05, 4.69) is 91.1 Å². The zero-order valence-corrected chi connectivity index (χ0v) is 22.5. The van der Waals surface area contributed by atoms with E-state index >= 15 is 0 Å². The number of imidazole rings is 1. The molecule has 36 heavy (non-hydrogen) atoms. The quantitative estimate of drug-likeness (QED) is 0.225. The number of nitrogens with zero attached hydrogens (tertiary/aromatic N) is 3. The monoisotopic (exact) mass is 501 g/mol. The van der Waals surface area contributed by atoms with Crippen LogP contribution >= 0.6 is 11.6 Å². The van der Waals surface area contributed by atoms with Gasteiger partial charge in [-0.1, -0.05) is 69.1 Å². The summed E-state index contributed by atoms with van der Waals surface area (Å²) >= 11 is 6.82. The van der Waals surface area contributed by atoms with Crippen LogP contribution in [-0.2, 0) is 19.5 Å². The van der Waals surface area contributed by atoms with Gasteiger partial charge in [-0.25, -0.2) is 4.98 Å². The van der Waals surface area contributed by atoms with E-state index < -0.39 is 0 Å². The van der Waals surface area contributed by atoms with Crippen molar-refractivity contribution in [2.45, 2.75) is 72.5 Å². The van der Waals surface area contributed by atoms with Crippen LogP contribution in [0.2, 0.25) is 5.15 Å². The first-order valence-electron chi connectivity index (χ1n) is 13.0. The molecule has 0 spiro atoms. The number of nitriles is 1. The summed E-state index contributed by atoms with van der Waals surface area (Å²) in [5.74, 6) is 1.51. The summed E-state index contributed by atoms with van der Waals surface area (Å²) < 4.78 is 2.34. The molecule has 4 rings (SSSR count). The molecule has 2 aromatic carbocycles. The maximum atomic E-state index is 9.41. The lowest BCUT2D eigenvalue weighted by Gasteiger charge is -2.22. The molecule has 2 aromatic heterocycles. The van der Waals surface area contributed by atoms with Crippen LogP contribution in [0.5, 0.6) is 0 Å². The summed E-state index contributed by atoms with van der Waals surface area (Å²) in [5.41, 5.74) is 6.29. The lowest BCUT2D eigenvalue weighted by molar-refractivity contribution is 0.407. The molecule has 0 aliphatic heterocycles. The fourth-order valence-electron chi connectivity index (χ4n) is 4.91. The number of aromatic amines is 1. The third kappa shape index (κ3) is 5.83. The van der Waals surface area contributed by atoms with Crippen molar-refractivity contribution in [1.82, 2.24) is 19.9 Å². The first-order chi connectivity index (χ1) is 17.4. The third-order valence-electron chi connectivity index (χ3n) is 6.80. The number of halogens is 1. The molecule has 0 saturated heterocycles. The van der Waals surface area contributed by atoms with Crippen molar-refractivity contribution in [3.05, 3.63) is 76.2 Å². The minimum Gasteiger partial charge on any atom is -0.360 e. The normalized spacial score (nSPS) is 12.4. The largest absolute Gasteiger partial charge is 0.360 e. The lowest BCUT2D eigenvalue weighted by Crippen LogP contribution is -2.33. The van der Waals surface area contributed by atoms with E-state index in [-0.39, 0.29) is 6.04 Å². The van der Waals surface area contributed by atoms with Crippen LogP contribution < -0.4 is 5.32 Å². The molecule has 5 nitrogen and oxygen atoms in total. The molecule has 0 aliphatic carbocycles. The molecule has 1 atom stereocenters. The molecular weight excluding hydrogens is 466 g/mol. The molecule has 0 saturated carbocycles. The van der Waals surface area contributed by atoms with Crippen molar-refractivity contribution in [3.8, 4) is 17.5 Å². The number of aryl methyl sites for hydroxylation is 1. The van der Waals surface area contributed by atoms with E-state index in [1.807, 2.05) is 0 Å². The average Bonchev–Trinajstić information content (AvgIpc) is 3.41. The van der Waals surface area contributed by atoms with Crippen LogP contribution in [0.25, 0.3) is 22.3 Å². The number of aromatic nitrogens is 3. The topological polar surface area (TPSA) is 69.4 Å². The molecule has 2 N–H and O–H groups in total. The second kappa shape index (κ2) is 11.8. The Morgan fingerprint density at radius 2 is 2.00 bits per heavy atom. The number of hydrogen-bond acceptors (Lipinski definition) is 3. The highest BCUT2D eigenvalue weighted by Crippen LogP contribution is 2.30. The number of fused-ring (bicyclic) bond motifs is 1. The van der Waals surface area contributed by atoms with Crippen molar-refractivity contribution in [2.24, 2.45) is 5.92 Å². The first-order valence-corrected chi connectivity index (χ1v) is 13.3. The van der Waals surface area contributed by atoms with E-state index in [1.54, 1.807) is 6.20 Å². The Balaban J connectivity index is 1.61. The van der Waals surface area contributed by atoms with E-state index in [0.29, 0.717) is 16.6 Å². The fraction of sp³-hybridized carbons (Fsp3) is 0.400. The summed E-state index contributed by atoms with van der Waals surface area (Å²) in [6, 6.07) is 17.2. The van der Waals surface area contributed by atoms with Gasteiger partial charge in [0.15, 0.2) is 5.15 Å². The maximum absolute atomic E-state index is 9.41. The lowest BCUT2D eigenvalue weighted by atomic mass is 9.99. The zero-order valence-electron chi connectivity index (χ0n) is 21.7. The molecule has 4 aromatic rings. The minimum atomic E-state index is 0.252. The molecule has 0 bridgehead atoms. The Hall–Kier alpha value is -3.07. The average molecular weight is 502 g/mol.